The van der Waals surface area contributed by atoms with Crippen LogP contribution in [0.3, 0.4) is 0 Å². The maximum absolute atomic E-state index is 9.00. The molecule has 0 rings (SSSR count). The van der Waals surface area contributed by atoms with E-state index in [1.165, 1.54) is 0 Å². The first-order valence-corrected chi connectivity index (χ1v) is 1.35. The average molecular weight is 182 g/mol. The third kappa shape index (κ3) is 160. The molecule has 0 aromatic carbocycles. The van der Waals surface area contributed by atoms with Crippen LogP contribution in [-0.2, 0) is 16.5 Å². The smallest absolute Gasteiger partial charge is 0.309 e. The van der Waals surface area contributed by atoms with Crippen molar-refractivity contribution in [3.05, 3.63) is 10.1 Å². The number of nitrogens with zero attached hydrogens (tertiary/aromatic N) is 1. The van der Waals surface area contributed by atoms with E-state index in [9.17, 15) is 0 Å². The van der Waals surface area contributed by atoms with Crippen LogP contribution in [0.1, 0.15) is 0 Å². The van der Waals surface area contributed by atoms with E-state index in [2.05, 4.69) is 11.5 Å². The van der Waals surface area contributed by atoms with E-state index in [1.54, 1.807) is 0 Å². The van der Waals surface area contributed by atoms with Crippen molar-refractivity contribution in [1.82, 2.24) is 0 Å². The summed E-state index contributed by atoms with van der Waals surface area (Å²) >= 11 is 0. The molecule has 0 aromatic rings. The van der Waals surface area contributed by atoms with Gasteiger partial charge in [0.25, 0.3) is 5.09 Å². The van der Waals surface area contributed by atoms with Crippen molar-refractivity contribution in [2.24, 2.45) is 11.5 Å². The minimum Gasteiger partial charge on any atom is -0.352 e. The van der Waals surface area contributed by atoms with Gasteiger partial charge in [-0.15, -0.1) is 10.1 Å². The number of primary amides is 2. The van der Waals surface area contributed by atoms with Gasteiger partial charge in [0.15, 0.2) is 0 Å². The van der Waals surface area contributed by atoms with E-state index in [-0.39, 0.29) is 16.5 Å². The minimum atomic E-state index is -1.50. The van der Waals surface area contributed by atoms with Gasteiger partial charge < -0.3 is 16.7 Å². The summed E-state index contributed by atoms with van der Waals surface area (Å²) in [6.07, 6.45) is 0. The van der Waals surface area contributed by atoms with Crippen LogP contribution in [0.25, 0.3) is 0 Å². The van der Waals surface area contributed by atoms with Crippen molar-refractivity contribution in [2.45, 2.75) is 0 Å². The summed E-state index contributed by atoms with van der Waals surface area (Å²) in [5, 5.41) is 13.6. The fourth-order valence-electron chi connectivity index (χ4n) is 0. The van der Waals surface area contributed by atoms with Gasteiger partial charge >= 0.3 is 6.03 Å². The normalized spacial score (nSPS) is 5.33. The van der Waals surface area contributed by atoms with Gasteiger partial charge in [-0.25, -0.2) is 4.79 Å². The minimum absolute atomic E-state index is 0. The number of hydrogen-bond donors (Lipinski definition) is 3. The first kappa shape index (κ1) is 15.7. The molecule has 0 aliphatic heterocycles. The fraction of sp³-hybridized carbons (Fsp3) is 0. The molecule has 9 heavy (non-hydrogen) atoms. The SMILES string of the molecule is NC(N)=O.O=[N+]([O-])O.[Ni]. The zero-order valence-electron chi connectivity index (χ0n) is 4.09. The second-order valence-corrected chi connectivity index (χ2v) is 0.640. The molecule has 0 aliphatic rings. The second kappa shape index (κ2) is 10.1. The summed E-state index contributed by atoms with van der Waals surface area (Å²) in [4.78, 5) is 17.4. The van der Waals surface area contributed by atoms with Crippen molar-refractivity contribution in [2.75, 3.05) is 0 Å². The molecule has 0 atom stereocenters. The van der Waals surface area contributed by atoms with Gasteiger partial charge in [-0.05, 0) is 0 Å². The Balaban J connectivity index is -0.0000000720. The van der Waals surface area contributed by atoms with E-state index < -0.39 is 11.1 Å². The molecule has 0 fully saturated rings. The zero-order valence-corrected chi connectivity index (χ0v) is 5.08. The van der Waals surface area contributed by atoms with Gasteiger partial charge in [-0.2, -0.15) is 0 Å². The largest absolute Gasteiger partial charge is 0.352 e. The average Bonchev–Trinajstić information content (AvgIpc) is 1.25. The number of carbonyl (C=O) groups excluding carboxylic acids is 1. The van der Waals surface area contributed by atoms with Crippen LogP contribution >= 0.6 is 0 Å². The van der Waals surface area contributed by atoms with Gasteiger partial charge in [-0.3, -0.25) is 0 Å². The quantitative estimate of drug-likeness (QED) is 0.243. The second-order valence-electron chi connectivity index (χ2n) is 0.640. The van der Waals surface area contributed by atoms with Gasteiger partial charge in [-0.1, -0.05) is 0 Å². The molecule has 7 nitrogen and oxygen atoms in total. The van der Waals surface area contributed by atoms with Gasteiger partial charge in [0.05, 0.1) is 0 Å². The molecule has 0 radical (unpaired) electrons. The summed E-state index contributed by atoms with van der Waals surface area (Å²) in [5.74, 6) is 0. The van der Waals surface area contributed by atoms with Crippen LogP contribution in [0.4, 0.5) is 4.79 Å². The molecule has 0 saturated carbocycles. The Morgan fingerprint density at radius 2 is 1.56 bits per heavy atom. The molecule has 0 unspecified atom stereocenters. The monoisotopic (exact) mass is 181 g/mol. The van der Waals surface area contributed by atoms with Crippen molar-refractivity contribution >= 4 is 6.03 Å². The number of carbonyl (C=O) groups is 1. The van der Waals surface area contributed by atoms with Crippen molar-refractivity contribution < 1.29 is 31.6 Å². The van der Waals surface area contributed by atoms with Gasteiger partial charge in [0.2, 0.25) is 0 Å². The number of amides is 2. The molecule has 0 bridgehead atoms. The Kier molecular flexibility index (Phi) is 17.5. The number of rotatable bonds is 0. The molecule has 5 N–H and O–H groups in total. The van der Waals surface area contributed by atoms with E-state index >= 15 is 0 Å². The Hall–Kier alpha value is -1.04. The van der Waals surface area contributed by atoms with Gasteiger partial charge in [0.1, 0.15) is 0 Å². The predicted molar refractivity (Wildman–Crippen MR) is 22.6 cm³/mol. The Bertz CT molecular complexity index is 73.8. The molecule has 0 aromatic heterocycles. The standard InChI is InChI=1S/CH4N2O.HNO3.Ni/c2*2-1(3)4;/h(H4,2,3,4);(H,2,3,4);. The zero-order chi connectivity index (χ0) is 7.15. The Morgan fingerprint density at radius 1 is 1.56 bits per heavy atom. The molecular weight excluding hydrogens is 177 g/mol. The molecule has 8 heteroatoms. The summed E-state index contributed by atoms with van der Waals surface area (Å²) in [5.41, 5.74) is 8.50. The van der Waals surface area contributed by atoms with E-state index in [4.69, 9.17) is 20.1 Å². The summed E-state index contributed by atoms with van der Waals surface area (Å²) < 4.78 is 0. The predicted octanol–water partition coefficient (Wildman–Crippen LogP) is -1.33. The third-order valence-electron chi connectivity index (χ3n) is 0. The van der Waals surface area contributed by atoms with Crippen molar-refractivity contribution in [3.63, 3.8) is 0 Å². The van der Waals surface area contributed by atoms with Crippen LogP contribution in [0, 0.1) is 10.1 Å². The molecule has 0 heterocycles. The van der Waals surface area contributed by atoms with Gasteiger partial charge in [0, 0.05) is 16.5 Å². The first-order valence-electron chi connectivity index (χ1n) is 1.35. The van der Waals surface area contributed by atoms with Crippen LogP contribution in [0.2, 0.25) is 0 Å². The van der Waals surface area contributed by atoms with Crippen LogP contribution in [-0.4, -0.2) is 16.3 Å². The van der Waals surface area contributed by atoms with Crippen molar-refractivity contribution in [3.8, 4) is 0 Å². The number of nitrogens with two attached hydrogens (primary N) is 2. The number of urea groups is 1. The molecule has 0 aliphatic carbocycles. The maximum Gasteiger partial charge on any atom is 0.309 e. The van der Waals surface area contributed by atoms with E-state index in [0.29, 0.717) is 0 Å². The molecule has 2 amide bonds. The molecule has 58 valence electrons. The molecule has 0 spiro atoms. The summed E-state index contributed by atoms with van der Waals surface area (Å²) in [6, 6.07) is -0.833. The molecule has 0 saturated heterocycles. The fourth-order valence-corrected chi connectivity index (χ4v) is 0. The van der Waals surface area contributed by atoms with Crippen LogP contribution < -0.4 is 11.5 Å². The maximum atomic E-state index is 9.00. The third-order valence-corrected chi connectivity index (χ3v) is 0. The van der Waals surface area contributed by atoms with Crippen molar-refractivity contribution in [1.29, 1.82) is 0 Å². The number of hydrogen-bond acceptors (Lipinski definition) is 3. The summed E-state index contributed by atoms with van der Waals surface area (Å²) in [7, 11) is 0. The summed E-state index contributed by atoms with van der Waals surface area (Å²) in [6.45, 7) is 0. The first-order chi connectivity index (χ1) is 3.46. The van der Waals surface area contributed by atoms with E-state index in [1.807, 2.05) is 0 Å². The Labute approximate surface area is 60.0 Å². The topological polar surface area (TPSA) is 132 Å². The Morgan fingerprint density at radius 3 is 1.56 bits per heavy atom. The van der Waals surface area contributed by atoms with E-state index in [0.717, 1.165) is 0 Å². The molecular formula is CH5N3NiO4. The van der Waals surface area contributed by atoms with Crippen LogP contribution in [0.5, 0.6) is 0 Å². The van der Waals surface area contributed by atoms with Crippen LogP contribution in [0.15, 0.2) is 0 Å².